The minimum Gasteiger partial charge on any atom is -0.308 e. The van der Waals surface area contributed by atoms with Gasteiger partial charge in [-0.3, -0.25) is 19.8 Å². The number of hydrogen-bond acceptors (Lipinski definition) is 4. The fourth-order valence-electron chi connectivity index (χ4n) is 2.61. The Balaban J connectivity index is 1.48. The second-order valence-electron chi connectivity index (χ2n) is 5.91. The van der Waals surface area contributed by atoms with Gasteiger partial charge in [-0.25, -0.2) is 0 Å². The SMILES string of the molecule is CN(CC(=O)Nc1cc(C2CCC2)[nH]n1)Cc1ccncc1. The molecule has 1 saturated carbocycles. The van der Waals surface area contributed by atoms with Crippen molar-refractivity contribution in [1.82, 2.24) is 20.1 Å². The van der Waals surface area contributed by atoms with E-state index in [1.54, 1.807) is 12.4 Å². The third-order valence-electron chi connectivity index (χ3n) is 4.03. The number of carbonyl (C=O) groups is 1. The number of nitrogens with one attached hydrogen (secondary N) is 2. The first kappa shape index (κ1) is 14.7. The number of pyridine rings is 1. The van der Waals surface area contributed by atoms with Crippen LogP contribution in [0.2, 0.25) is 0 Å². The summed E-state index contributed by atoms with van der Waals surface area (Å²) in [6.45, 7) is 1.04. The number of aromatic amines is 1. The van der Waals surface area contributed by atoms with Crippen molar-refractivity contribution in [3.8, 4) is 0 Å². The van der Waals surface area contributed by atoms with E-state index in [2.05, 4.69) is 20.5 Å². The molecule has 0 aliphatic heterocycles. The summed E-state index contributed by atoms with van der Waals surface area (Å²) in [7, 11) is 1.92. The molecule has 0 aromatic carbocycles. The molecule has 1 amide bonds. The summed E-state index contributed by atoms with van der Waals surface area (Å²) < 4.78 is 0. The van der Waals surface area contributed by atoms with Crippen molar-refractivity contribution in [2.75, 3.05) is 18.9 Å². The van der Waals surface area contributed by atoms with E-state index in [-0.39, 0.29) is 5.91 Å². The van der Waals surface area contributed by atoms with E-state index >= 15 is 0 Å². The molecule has 0 spiro atoms. The zero-order valence-corrected chi connectivity index (χ0v) is 12.7. The fourth-order valence-corrected chi connectivity index (χ4v) is 2.61. The second-order valence-corrected chi connectivity index (χ2v) is 5.91. The molecule has 1 aliphatic carbocycles. The topological polar surface area (TPSA) is 73.9 Å². The van der Waals surface area contributed by atoms with Gasteiger partial charge in [-0.05, 0) is 37.6 Å². The summed E-state index contributed by atoms with van der Waals surface area (Å²) in [5.41, 5.74) is 2.27. The van der Waals surface area contributed by atoms with Crippen LogP contribution in [0.1, 0.15) is 36.4 Å². The number of hydrogen-bond donors (Lipinski definition) is 2. The van der Waals surface area contributed by atoms with E-state index in [4.69, 9.17) is 0 Å². The Kier molecular flexibility index (Phi) is 4.48. The molecular weight excluding hydrogens is 278 g/mol. The average molecular weight is 299 g/mol. The van der Waals surface area contributed by atoms with Crippen LogP contribution in [0.3, 0.4) is 0 Å². The van der Waals surface area contributed by atoms with Crippen LogP contribution in [0.4, 0.5) is 5.82 Å². The summed E-state index contributed by atoms with van der Waals surface area (Å²) in [5, 5.41) is 10.0. The normalized spacial score (nSPS) is 14.8. The fraction of sp³-hybridized carbons (Fsp3) is 0.438. The van der Waals surface area contributed by atoms with Gasteiger partial charge >= 0.3 is 0 Å². The number of carbonyl (C=O) groups excluding carboxylic acids is 1. The second kappa shape index (κ2) is 6.70. The Labute approximate surface area is 129 Å². The number of amides is 1. The molecule has 2 N–H and O–H groups in total. The van der Waals surface area contributed by atoms with Gasteiger partial charge in [-0.2, -0.15) is 5.10 Å². The molecule has 6 nitrogen and oxygen atoms in total. The number of aromatic nitrogens is 3. The summed E-state index contributed by atoms with van der Waals surface area (Å²) in [6.07, 6.45) is 7.23. The summed E-state index contributed by atoms with van der Waals surface area (Å²) >= 11 is 0. The Morgan fingerprint density at radius 3 is 2.86 bits per heavy atom. The zero-order valence-electron chi connectivity index (χ0n) is 12.7. The lowest BCUT2D eigenvalue weighted by molar-refractivity contribution is -0.117. The molecule has 0 atom stereocenters. The average Bonchev–Trinajstić information content (AvgIpc) is 2.85. The van der Waals surface area contributed by atoms with Crippen molar-refractivity contribution >= 4 is 11.7 Å². The predicted molar refractivity (Wildman–Crippen MR) is 84.4 cm³/mol. The molecule has 2 aromatic rings. The van der Waals surface area contributed by atoms with Crippen LogP contribution >= 0.6 is 0 Å². The van der Waals surface area contributed by atoms with E-state index in [9.17, 15) is 4.79 Å². The minimum atomic E-state index is -0.0526. The molecular formula is C16H21N5O. The first-order valence-electron chi connectivity index (χ1n) is 7.63. The number of H-pyrrole nitrogens is 1. The third kappa shape index (κ3) is 3.71. The number of nitrogens with zero attached hydrogens (tertiary/aromatic N) is 3. The maximum Gasteiger partial charge on any atom is 0.239 e. The minimum absolute atomic E-state index is 0.0526. The highest BCUT2D eigenvalue weighted by molar-refractivity contribution is 5.91. The number of anilines is 1. The maximum atomic E-state index is 12.1. The van der Waals surface area contributed by atoms with Crippen molar-refractivity contribution in [3.63, 3.8) is 0 Å². The first-order valence-corrected chi connectivity index (χ1v) is 7.63. The molecule has 116 valence electrons. The summed E-state index contributed by atoms with van der Waals surface area (Å²) in [5.74, 6) is 1.15. The van der Waals surface area contributed by atoms with Gasteiger partial charge in [0, 0.05) is 36.6 Å². The van der Waals surface area contributed by atoms with Crippen molar-refractivity contribution < 1.29 is 4.79 Å². The molecule has 0 radical (unpaired) electrons. The highest BCUT2D eigenvalue weighted by atomic mass is 16.2. The van der Waals surface area contributed by atoms with Gasteiger partial charge in [0.05, 0.1) is 6.54 Å². The number of likely N-dealkylation sites (N-methyl/N-ethyl adjacent to an activating group) is 1. The van der Waals surface area contributed by atoms with Crippen LogP contribution in [0.25, 0.3) is 0 Å². The molecule has 0 unspecified atom stereocenters. The predicted octanol–water partition coefficient (Wildman–Crippen LogP) is 2.14. The Hall–Kier alpha value is -2.21. The Bertz CT molecular complexity index is 620. The van der Waals surface area contributed by atoms with Crippen molar-refractivity contribution in [2.24, 2.45) is 0 Å². The van der Waals surface area contributed by atoms with Gasteiger partial charge in [-0.1, -0.05) is 6.42 Å². The largest absolute Gasteiger partial charge is 0.308 e. The molecule has 1 aliphatic rings. The lowest BCUT2D eigenvalue weighted by atomic mass is 9.83. The molecule has 6 heteroatoms. The lowest BCUT2D eigenvalue weighted by Crippen LogP contribution is -2.29. The lowest BCUT2D eigenvalue weighted by Gasteiger charge is -2.23. The van der Waals surface area contributed by atoms with E-state index in [1.807, 2.05) is 30.1 Å². The number of rotatable bonds is 6. The monoisotopic (exact) mass is 299 g/mol. The third-order valence-corrected chi connectivity index (χ3v) is 4.03. The molecule has 3 rings (SSSR count). The van der Waals surface area contributed by atoms with E-state index in [0.29, 0.717) is 24.8 Å². The van der Waals surface area contributed by atoms with Crippen molar-refractivity contribution in [2.45, 2.75) is 31.7 Å². The van der Waals surface area contributed by atoms with E-state index in [1.165, 1.54) is 19.3 Å². The Morgan fingerprint density at radius 1 is 1.41 bits per heavy atom. The highest BCUT2D eigenvalue weighted by Gasteiger charge is 2.21. The van der Waals surface area contributed by atoms with Crippen LogP contribution in [0.15, 0.2) is 30.6 Å². The van der Waals surface area contributed by atoms with Gasteiger partial charge < -0.3 is 5.32 Å². The van der Waals surface area contributed by atoms with Gasteiger partial charge in [-0.15, -0.1) is 0 Å². The molecule has 2 aromatic heterocycles. The smallest absolute Gasteiger partial charge is 0.239 e. The zero-order chi connectivity index (χ0) is 15.4. The van der Waals surface area contributed by atoms with Gasteiger partial charge in [0.15, 0.2) is 5.82 Å². The molecule has 1 fully saturated rings. The van der Waals surface area contributed by atoms with Crippen LogP contribution < -0.4 is 5.32 Å². The van der Waals surface area contributed by atoms with Gasteiger partial charge in [0.1, 0.15) is 0 Å². The molecule has 2 heterocycles. The van der Waals surface area contributed by atoms with Crippen LogP contribution in [-0.4, -0.2) is 39.6 Å². The van der Waals surface area contributed by atoms with E-state index in [0.717, 1.165) is 11.3 Å². The van der Waals surface area contributed by atoms with E-state index < -0.39 is 0 Å². The molecule has 22 heavy (non-hydrogen) atoms. The molecule has 0 bridgehead atoms. The quantitative estimate of drug-likeness (QED) is 0.857. The molecule has 0 saturated heterocycles. The first-order chi connectivity index (χ1) is 10.7. The summed E-state index contributed by atoms with van der Waals surface area (Å²) in [4.78, 5) is 18.0. The van der Waals surface area contributed by atoms with Crippen molar-refractivity contribution in [3.05, 3.63) is 41.9 Å². The maximum absolute atomic E-state index is 12.1. The highest BCUT2D eigenvalue weighted by Crippen LogP contribution is 2.35. The van der Waals surface area contributed by atoms with Crippen LogP contribution in [0.5, 0.6) is 0 Å². The van der Waals surface area contributed by atoms with Gasteiger partial charge in [0.2, 0.25) is 5.91 Å². The van der Waals surface area contributed by atoms with Crippen molar-refractivity contribution in [1.29, 1.82) is 0 Å². The Morgan fingerprint density at radius 2 is 2.18 bits per heavy atom. The van der Waals surface area contributed by atoms with Crippen LogP contribution in [-0.2, 0) is 11.3 Å². The van der Waals surface area contributed by atoms with Crippen LogP contribution in [0, 0.1) is 0 Å². The van der Waals surface area contributed by atoms with Gasteiger partial charge in [0.25, 0.3) is 0 Å². The summed E-state index contributed by atoms with van der Waals surface area (Å²) in [6, 6.07) is 5.85. The standard InChI is InChI=1S/C16H21N5O/c1-21(10-12-5-7-17-8-6-12)11-16(22)18-15-9-14(19-20-15)13-3-2-4-13/h5-9,13H,2-4,10-11H2,1H3,(H2,18,19,20,22).